The highest BCUT2D eigenvalue weighted by Crippen LogP contribution is 2.30. The average Bonchev–Trinajstić information content (AvgIpc) is 2.26. The number of nitrogens with zero attached hydrogens (tertiary/aromatic N) is 1. The molecule has 0 spiro atoms. The van der Waals surface area contributed by atoms with Gasteiger partial charge in [-0.15, -0.1) is 0 Å². The lowest BCUT2D eigenvalue weighted by Crippen LogP contribution is -1.92. The van der Waals surface area contributed by atoms with Crippen LogP contribution in [0.2, 0.25) is 5.15 Å². The minimum atomic E-state index is 0.621. The van der Waals surface area contributed by atoms with Crippen LogP contribution in [-0.2, 0) is 6.42 Å². The molecule has 1 heterocycles. The molecule has 0 fully saturated rings. The van der Waals surface area contributed by atoms with E-state index in [4.69, 9.17) is 11.6 Å². The Labute approximate surface area is 109 Å². The fourth-order valence-electron chi connectivity index (χ4n) is 1.89. The summed E-state index contributed by atoms with van der Waals surface area (Å²) in [5.74, 6) is 0. The molecule has 0 aliphatic heterocycles. The Bertz CT molecular complexity index is 564. The van der Waals surface area contributed by atoms with E-state index in [0.717, 1.165) is 22.0 Å². The molecular formula is C13H13BrClN. The molecular weight excluding hydrogens is 286 g/mol. The Morgan fingerprint density at radius 1 is 1.31 bits per heavy atom. The van der Waals surface area contributed by atoms with Gasteiger partial charge in [0.25, 0.3) is 0 Å². The van der Waals surface area contributed by atoms with Crippen molar-refractivity contribution in [3.05, 3.63) is 38.4 Å². The van der Waals surface area contributed by atoms with Gasteiger partial charge in [0.1, 0.15) is 5.15 Å². The summed E-state index contributed by atoms with van der Waals surface area (Å²) in [6.07, 6.45) is 0.909. The van der Waals surface area contributed by atoms with E-state index < -0.39 is 0 Å². The molecule has 0 saturated carbocycles. The van der Waals surface area contributed by atoms with E-state index >= 15 is 0 Å². The molecule has 16 heavy (non-hydrogen) atoms. The predicted molar refractivity (Wildman–Crippen MR) is 73.3 cm³/mol. The highest BCUT2D eigenvalue weighted by Gasteiger charge is 2.09. The van der Waals surface area contributed by atoms with Crippen LogP contribution in [0.1, 0.15) is 23.6 Å². The Morgan fingerprint density at radius 3 is 2.62 bits per heavy atom. The van der Waals surface area contributed by atoms with Crippen LogP contribution >= 0.6 is 27.5 Å². The van der Waals surface area contributed by atoms with E-state index in [2.05, 4.69) is 53.8 Å². The summed E-state index contributed by atoms with van der Waals surface area (Å²) >= 11 is 9.73. The number of hydrogen-bond acceptors (Lipinski definition) is 1. The van der Waals surface area contributed by atoms with Crippen molar-refractivity contribution in [3.63, 3.8) is 0 Å². The molecule has 3 heteroatoms. The van der Waals surface area contributed by atoms with Crippen molar-refractivity contribution < 1.29 is 0 Å². The zero-order valence-electron chi connectivity index (χ0n) is 9.56. The fraction of sp³-hybridized carbons (Fsp3) is 0.308. The monoisotopic (exact) mass is 297 g/mol. The van der Waals surface area contributed by atoms with Gasteiger partial charge in [0.05, 0.1) is 5.52 Å². The number of rotatable bonds is 1. The third kappa shape index (κ3) is 1.85. The van der Waals surface area contributed by atoms with E-state index in [-0.39, 0.29) is 0 Å². The van der Waals surface area contributed by atoms with Crippen LogP contribution in [0.25, 0.3) is 10.9 Å². The lowest BCUT2D eigenvalue weighted by molar-refractivity contribution is 1.12. The molecule has 0 aliphatic carbocycles. The molecule has 1 aromatic heterocycles. The van der Waals surface area contributed by atoms with Gasteiger partial charge in [0.15, 0.2) is 0 Å². The van der Waals surface area contributed by atoms with Gasteiger partial charge in [0.2, 0.25) is 0 Å². The molecule has 0 atom stereocenters. The third-order valence-electron chi connectivity index (χ3n) is 2.89. The zero-order valence-corrected chi connectivity index (χ0v) is 11.9. The van der Waals surface area contributed by atoms with Gasteiger partial charge in [-0.3, -0.25) is 0 Å². The number of benzene rings is 1. The molecule has 2 aromatic rings. The van der Waals surface area contributed by atoms with Crippen molar-refractivity contribution in [2.45, 2.75) is 27.2 Å². The Hall–Kier alpha value is -0.600. The maximum absolute atomic E-state index is 6.12. The van der Waals surface area contributed by atoms with E-state index in [1.807, 2.05) is 0 Å². The fourth-order valence-corrected chi connectivity index (χ4v) is 2.49. The molecule has 0 amide bonds. The number of aryl methyl sites for hydroxylation is 3. The van der Waals surface area contributed by atoms with E-state index in [1.165, 1.54) is 16.5 Å². The van der Waals surface area contributed by atoms with E-state index in [1.54, 1.807) is 0 Å². The molecule has 0 N–H and O–H groups in total. The van der Waals surface area contributed by atoms with Crippen LogP contribution < -0.4 is 0 Å². The van der Waals surface area contributed by atoms with Gasteiger partial charge < -0.3 is 0 Å². The number of aromatic nitrogens is 1. The quantitative estimate of drug-likeness (QED) is 0.687. The van der Waals surface area contributed by atoms with Gasteiger partial charge in [-0.2, -0.15) is 0 Å². The summed E-state index contributed by atoms with van der Waals surface area (Å²) in [6, 6.07) is 4.21. The highest BCUT2D eigenvalue weighted by molar-refractivity contribution is 9.10. The van der Waals surface area contributed by atoms with Crippen molar-refractivity contribution in [1.29, 1.82) is 0 Å². The van der Waals surface area contributed by atoms with Crippen LogP contribution in [-0.4, -0.2) is 4.98 Å². The standard InChI is InChI=1S/C13H13BrClN/c1-4-9-6-10-8(3)12(14)7(2)5-11(10)16-13(9)15/h5-6H,4H2,1-3H3. The first-order valence-corrected chi connectivity index (χ1v) is 6.46. The first kappa shape index (κ1) is 11.9. The molecule has 0 unspecified atom stereocenters. The van der Waals surface area contributed by atoms with Gasteiger partial charge in [-0.05, 0) is 49.1 Å². The van der Waals surface area contributed by atoms with Crippen LogP contribution in [0.15, 0.2) is 16.6 Å². The van der Waals surface area contributed by atoms with Gasteiger partial charge >= 0.3 is 0 Å². The summed E-state index contributed by atoms with van der Waals surface area (Å²) in [4.78, 5) is 4.45. The van der Waals surface area contributed by atoms with Gasteiger partial charge in [-0.25, -0.2) is 4.98 Å². The second kappa shape index (κ2) is 4.34. The van der Waals surface area contributed by atoms with Gasteiger partial charge in [-0.1, -0.05) is 34.5 Å². The number of pyridine rings is 1. The maximum atomic E-state index is 6.12. The number of hydrogen-bond donors (Lipinski definition) is 0. The molecule has 0 bridgehead atoms. The Balaban J connectivity index is 2.86. The molecule has 0 saturated heterocycles. The predicted octanol–water partition coefficient (Wildman–Crippen LogP) is 4.83. The molecule has 1 aromatic carbocycles. The first-order valence-electron chi connectivity index (χ1n) is 5.29. The molecule has 1 nitrogen and oxygen atoms in total. The molecule has 0 radical (unpaired) electrons. The second-order valence-electron chi connectivity index (χ2n) is 3.99. The largest absolute Gasteiger partial charge is 0.236 e. The van der Waals surface area contributed by atoms with Crippen molar-refractivity contribution >= 4 is 38.4 Å². The molecule has 2 rings (SSSR count). The van der Waals surface area contributed by atoms with Gasteiger partial charge in [0, 0.05) is 9.86 Å². The Kier molecular flexibility index (Phi) is 3.22. The lowest BCUT2D eigenvalue weighted by atomic mass is 10.0. The topological polar surface area (TPSA) is 12.9 Å². The zero-order chi connectivity index (χ0) is 11.9. The van der Waals surface area contributed by atoms with Crippen LogP contribution in [0, 0.1) is 13.8 Å². The summed E-state index contributed by atoms with van der Waals surface area (Å²) < 4.78 is 1.16. The summed E-state index contributed by atoms with van der Waals surface area (Å²) in [5, 5.41) is 1.80. The minimum absolute atomic E-state index is 0.621. The Morgan fingerprint density at radius 2 is 2.00 bits per heavy atom. The summed E-state index contributed by atoms with van der Waals surface area (Å²) in [6.45, 7) is 6.27. The number of fused-ring (bicyclic) bond motifs is 1. The normalized spacial score (nSPS) is 11.1. The summed E-state index contributed by atoms with van der Waals surface area (Å²) in [7, 11) is 0. The van der Waals surface area contributed by atoms with E-state index in [0.29, 0.717) is 5.15 Å². The second-order valence-corrected chi connectivity index (χ2v) is 5.14. The van der Waals surface area contributed by atoms with Crippen LogP contribution in [0.3, 0.4) is 0 Å². The lowest BCUT2D eigenvalue weighted by Gasteiger charge is -2.10. The van der Waals surface area contributed by atoms with Crippen molar-refractivity contribution in [2.24, 2.45) is 0 Å². The average molecular weight is 299 g/mol. The SMILES string of the molecule is CCc1cc2c(C)c(Br)c(C)cc2nc1Cl. The van der Waals surface area contributed by atoms with Crippen molar-refractivity contribution in [2.75, 3.05) is 0 Å². The minimum Gasteiger partial charge on any atom is -0.236 e. The third-order valence-corrected chi connectivity index (χ3v) is 4.44. The first-order chi connectivity index (χ1) is 7.54. The highest BCUT2D eigenvalue weighted by atomic mass is 79.9. The molecule has 0 aliphatic rings. The van der Waals surface area contributed by atoms with E-state index in [9.17, 15) is 0 Å². The smallest absolute Gasteiger partial charge is 0.132 e. The molecule has 84 valence electrons. The summed E-state index contributed by atoms with van der Waals surface area (Å²) in [5.41, 5.74) is 4.50. The van der Waals surface area contributed by atoms with Crippen molar-refractivity contribution in [1.82, 2.24) is 4.98 Å². The van der Waals surface area contributed by atoms with Crippen molar-refractivity contribution in [3.8, 4) is 0 Å². The van der Waals surface area contributed by atoms with Crippen LogP contribution in [0.5, 0.6) is 0 Å². The number of halogens is 2. The van der Waals surface area contributed by atoms with Crippen LogP contribution in [0.4, 0.5) is 0 Å². The maximum Gasteiger partial charge on any atom is 0.132 e.